The first-order valence-corrected chi connectivity index (χ1v) is 24.6. The second-order valence-electron chi connectivity index (χ2n) is 18.1. The molecule has 3 amide bonds. The van der Waals surface area contributed by atoms with E-state index in [1.807, 2.05) is 32.2 Å². The summed E-state index contributed by atoms with van der Waals surface area (Å²) in [5, 5.41) is 9.14. The van der Waals surface area contributed by atoms with Gasteiger partial charge < -0.3 is 25.0 Å². The van der Waals surface area contributed by atoms with Crippen molar-refractivity contribution in [3.05, 3.63) is 90.0 Å². The zero-order valence-electron chi connectivity index (χ0n) is 37.8. The van der Waals surface area contributed by atoms with Gasteiger partial charge in [-0.05, 0) is 88.6 Å². The van der Waals surface area contributed by atoms with Crippen molar-refractivity contribution >= 4 is 55.7 Å². The maximum absolute atomic E-state index is 15.0. The Hall–Kier alpha value is -5.49. The summed E-state index contributed by atoms with van der Waals surface area (Å²) in [4.78, 5) is 54.8. The lowest BCUT2D eigenvalue weighted by atomic mass is 10.0. The summed E-state index contributed by atoms with van der Waals surface area (Å²) < 4.78 is 81.5. The van der Waals surface area contributed by atoms with Crippen LogP contribution in [0.1, 0.15) is 101 Å². The molecule has 4 aromatic rings. The predicted molar refractivity (Wildman–Crippen MR) is 249 cm³/mol. The van der Waals surface area contributed by atoms with Crippen molar-refractivity contribution in [1.29, 1.82) is 0 Å². The van der Waals surface area contributed by atoms with Crippen LogP contribution in [-0.2, 0) is 30.6 Å². The SMILES string of the molecule is C=CCCCCC[C@H](Nc1cccc(C(F)(F)F)c1)C(=O)N1C[C@H](Oc2cc(-c3nc(C(C)C)cs3)nc3c(C)c(OC)ccc23)C[C@H]1C(=O)N[C@]1(C(=O)NS(=O)(=O)C2(C)CC2)C[C@H]1C=C. The Morgan fingerprint density at radius 3 is 2.45 bits per heavy atom. The number of carbonyl (C=O) groups excluding carboxylic acids is 3. The number of benzene rings is 2. The van der Waals surface area contributed by atoms with E-state index in [0.29, 0.717) is 58.8 Å². The molecule has 0 spiro atoms. The van der Waals surface area contributed by atoms with Gasteiger partial charge >= 0.3 is 6.18 Å². The number of pyridine rings is 1. The molecule has 3 N–H and O–H groups in total. The van der Waals surface area contributed by atoms with E-state index < -0.39 is 73.9 Å². The first kappa shape index (κ1) is 48.4. The number of sulfonamides is 1. The fourth-order valence-corrected chi connectivity index (χ4v) is 10.7. The number of fused-ring (bicyclic) bond motifs is 1. The van der Waals surface area contributed by atoms with Crippen molar-refractivity contribution in [2.45, 2.75) is 126 Å². The fraction of sp³-hybridized carbons (Fsp3) is 0.479. The maximum Gasteiger partial charge on any atom is 0.416 e. The molecule has 1 saturated heterocycles. The number of halogens is 3. The minimum Gasteiger partial charge on any atom is -0.496 e. The fourth-order valence-electron chi connectivity index (χ4n) is 8.41. The number of nitrogens with zero attached hydrogens (tertiary/aromatic N) is 3. The third-order valence-electron chi connectivity index (χ3n) is 13.0. The van der Waals surface area contributed by atoms with E-state index in [9.17, 15) is 31.2 Å². The number of unbranched alkanes of at least 4 members (excludes halogenated alkanes) is 3. The summed E-state index contributed by atoms with van der Waals surface area (Å²) in [6.07, 6.45) is 1.59. The van der Waals surface area contributed by atoms with Gasteiger partial charge in [0.15, 0.2) is 0 Å². The summed E-state index contributed by atoms with van der Waals surface area (Å²) in [5.41, 5.74) is 0.309. The number of anilines is 1. The highest BCUT2D eigenvalue weighted by molar-refractivity contribution is 7.91. The number of hydrogen-bond donors (Lipinski definition) is 3. The van der Waals surface area contributed by atoms with Crippen LogP contribution >= 0.6 is 11.3 Å². The summed E-state index contributed by atoms with van der Waals surface area (Å²) in [5.74, 6) is -1.60. The van der Waals surface area contributed by atoms with Gasteiger partial charge in [0, 0.05) is 40.4 Å². The number of alkyl halides is 3. The molecule has 3 fully saturated rings. The van der Waals surface area contributed by atoms with Crippen molar-refractivity contribution < 1.29 is 45.4 Å². The molecule has 3 aliphatic rings. The Morgan fingerprint density at radius 1 is 1.06 bits per heavy atom. The molecule has 2 aliphatic carbocycles. The molecule has 13 nitrogen and oxygen atoms in total. The highest BCUT2D eigenvalue weighted by atomic mass is 32.2. The van der Waals surface area contributed by atoms with E-state index >= 15 is 4.79 Å². The molecule has 3 heterocycles. The number of likely N-dealkylation sites (tertiary alicyclic amines) is 1. The Balaban J connectivity index is 1.25. The molecule has 0 radical (unpaired) electrons. The molecule has 0 bridgehead atoms. The van der Waals surface area contributed by atoms with Crippen LogP contribution in [0.3, 0.4) is 0 Å². The molecule has 5 atom stereocenters. The largest absolute Gasteiger partial charge is 0.496 e. The van der Waals surface area contributed by atoms with Crippen LogP contribution < -0.4 is 24.8 Å². The average molecular weight is 951 g/mol. The van der Waals surface area contributed by atoms with Gasteiger partial charge in [0.2, 0.25) is 21.8 Å². The number of hydrogen-bond acceptors (Lipinski definition) is 11. The van der Waals surface area contributed by atoms with Crippen molar-refractivity contribution in [3.8, 4) is 22.2 Å². The van der Waals surface area contributed by atoms with E-state index in [4.69, 9.17) is 19.4 Å². The third-order valence-corrected chi connectivity index (χ3v) is 16.0. The number of thiazole rings is 1. The summed E-state index contributed by atoms with van der Waals surface area (Å²) >= 11 is 1.44. The number of aryl methyl sites for hydroxylation is 1. The molecule has 354 valence electrons. The van der Waals surface area contributed by atoms with Crippen LogP contribution in [-0.4, -0.2) is 83.1 Å². The Kier molecular flexibility index (Phi) is 14.0. The molecule has 7 rings (SSSR count). The van der Waals surface area contributed by atoms with Gasteiger partial charge in [-0.2, -0.15) is 13.2 Å². The van der Waals surface area contributed by atoms with Crippen LogP contribution in [0.5, 0.6) is 11.5 Å². The van der Waals surface area contributed by atoms with Crippen LogP contribution in [0, 0.1) is 12.8 Å². The van der Waals surface area contributed by atoms with Crippen LogP contribution in [0.2, 0.25) is 0 Å². The van der Waals surface area contributed by atoms with Crippen LogP contribution in [0.4, 0.5) is 18.9 Å². The molecule has 66 heavy (non-hydrogen) atoms. The van der Waals surface area contributed by atoms with E-state index in [0.717, 1.165) is 36.2 Å². The van der Waals surface area contributed by atoms with Crippen LogP contribution in [0.25, 0.3) is 21.6 Å². The van der Waals surface area contributed by atoms with Gasteiger partial charge in [-0.15, -0.1) is 24.5 Å². The van der Waals surface area contributed by atoms with E-state index in [2.05, 4.69) is 28.5 Å². The quantitative estimate of drug-likeness (QED) is 0.0575. The topological polar surface area (TPSA) is 169 Å². The summed E-state index contributed by atoms with van der Waals surface area (Å²) in [7, 11) is -2.51. The number of carbonyl (C=O) groups is 3. The van der Waals surface area contributed by atoms with E-state index in [-0.39, 0.29) is 37.4 Å². The molecular formula is C48H57F3N6O7S2. The smallest absolute Gasteiger partial charge is 0.416 e. The molecule has 18 heteroatoms. The second-order valence-corrected chi connectivity index (χ2v) is 21.2. The molecule has 2 saturated carbocycles. The predicted octanol–water partition coefficient (Wildman–Crippen LogP) is 8.84. The number of ether oxygens (including phenoxy) is 2. The maximum atomic E-state index is 15.0. The highest BCUT2D eigenvalue weighted by Crippen LogP contribution is 2.47. The highest BCUT2D eigenvalue weighted by Gasteiger charge is 2.63. The number of aromatic nitrogens is 2. The second kappa shape index (κ2) is 19.0. The minimum absolute atomic E-state index is 0.0525. The molecule has 0 unspecified atom stereocenters. The van der Waals surface area contributed by atoms with E-state index in [1.165, 1.54) is 34.4 Å². The Bertz CT molecular complexity index is 2630. The van der Waals surface area contributed by atoms with E-state index in [1.54, 1.807) is 32.2 Å². The number of methoxy groups -OCH3 is 1. The normalized spacial score (nSPS) is 21.5. The zero-order chi connectivity index (χ0) is 47.8. The van der Waals surface area contributed by atoms with Gasteiger partial charge in [0.05, 0.1) is 35.2 Å². The lowest BCUT2D eigenvalue weighted by Crippen LogP contribution is -2.58. The lowest BCUT2D eigenvalue weighted by Gasteiger charge is -2.30. The van der Waals surface area contributed by atoms with Crippen molar-refractivity contribution in [2.75, 3.05) is 19.0 Å². The summed E-state index contributed by atoms with van der Waals surface area (Å²) in [6, 6.07) is 7.66. The molecule has 1 aliphatic heterocycles. The first-order valence-electron chi connectivity index (χ1n) is 22.2. The number of amides is 3. The Labute approximate surface area is 387 Å². The van der Waals surface area contributed by atoms with Gasteiger partial charge in [0.1, 0.15) is 45.9 Å². The van der Waals surface area contributed by atoms with Gasteiger partial charge in [-0.25, -0.2) is 18.4 Å². The number of rotatable bonds is 20. The van der Waals surface area contributed by atoms with Gasteiger partial charge in [-0.3, -0.25) is 19.1 Å². The van der Waals surface area contributed by atoms with Gasteiger partial charge in [0.25, 0.3) is 5.91 Å². The summed E-state index contributed by atoms with van der Waals surface area (Å²) in [6.45, 7) is 15.0. The average Bonchev–Trinajstić information content (AvgIpc) is 4.06. The molecule has 2 aromatic carbocycles. The Morgan fingerprint density at radius 2 is 1.82 bits per heavy atom. The number of nitrogens with one attached hydrogen (secondary N) is 3. The lowest BCUT2D eigenvalue weighted by molar-refractivity contribution is -0.140. The molecular weight excluding hydrogens is 894 g/mol. The first-order chi connectivity index (χ1) is 31.2. The van der Waals surface area contributed by atoms with Crippen molar-refractivity contribution in [3.63, 3.8) is 0 Å². The van der Waals surface area contributed by atoms with Crippen molar-refractivity contribution in [1.82, 2.24) is 24.9 Å². The van der Waals surface area contributed by atoms with Crippen LogP contribution in [0.15, 0.2) is 73.2 Å². The standard InChI is InChI=1S/C48H57F3N6O7S2/c1-8-10-11-12-13-17-35(52-32-16-14-15-31(22-32)48(49,50)51)44(59)57-26-33(23-38(57)42(58)55-47(25-30(47)9-2)45(60)56-66(61,62)46(6)20-21-46)64-40-24-36(43-54-37(27-65-43)28(3)4)53-41-29(5)39(63-7)19-18-34(40)41/h8-9,14-16,18-19,22,24,27-28,30,33,35,38,52H,1-2,10-13,17,20-21,23,25-26H2,3-7H3,(H,55,58)(H,56,60)/t30-,33-,35+,38+,47-/m1/s1. The zero-order valence-corrected chi connectivity index (χ0v) is 39.4. The third kappa shape index (κ3) is 10.1. The minimum atomic E-state index is -4.63. The monoisotopic (exact) mass is 950 g/mol. The number of allylic oxidation sites excluding steroid dienone is 1. The van der Waals surface area contributed by atoms with Crippen molar-refractivity contribution in [2.24, 2.45) is 5.92 Å². The molecule has 2 aromatic heterocycles. The van der Waals surface area contributed by atoms with Gasteiger partial charge in [-0.1, -0.05) is 44.9 Å².